The van der Waals surface area contributed by atoms with Crippen LogP contribution in [-0.4, -0.2) is 5.78 Å². The third kappa shape index (κ3) is 3.58. The zero-order chi connectivity index (χ0) is 16.7. The summed E-state index contributed by atoms with van der Waals surface area (Å²) in [5.41, 5.74) is 5.60. The first kappa shape index (κ1) is 16.7. The molecule has 0 radical (unpaired) electrons. The van der Waals surface area contributed by atoms with Crippen molar-refractivity contribution in [1.82, 2.24) is 0 Å². The van der Waals surface area contributed by atoms with Gasteiger partial charge < -0.3 is 0 Å². The summed E-state index contributed by atoms with van der Waals surface area (Å²) in [7, 11) is 0. The number of hydrogen-bond acceptors (Lipinski definition) is 1. The Morgan fingerprint density at radius 3 is 1.77 bits per heavy atom. The number of carbonyl (C=O) groups excluding carboxylic acids is 1. The molecule has 22 heavy (non-hydrogen) atoms. The fraction of sp³-hybridized carbons (Fsp3) is 0.476. The Morgan fingerprint density at radius 1 is 0.909 bits per heavy atom. The lowest BCUT2D eigenvalue weighted by molar-refractivity contribution is -0.111. The van der Waals surface area contributed by atoms with Crippen molar-refractivity contribution < 1.29 is 4.79 Å². The molecule has 0 spiro atoms. The third-order valence-electron chi connectivity index (χ3n) is 4.34. The van der Waals surface area contributed by atoms with Crippen LogP contribution >= 0.6 is 0 Å². The molecule has 1 heteroatoms. The highest BCUT2D eigenvalue weighted by Crippen LogP contribution is 2.32. The van der Waals surface area contributed by atoms with E-state index in [1.54, 1.807) is 0 Å². The first-order valence-electron chi connectivity index (χ1n) is 8.07. The maximum atomic E-state index is 12.1. The zero-order valence-electron chi connectivity index (χ0n) is 14.8. The molecule has 0 aromatic heterocycles. The molecular weight excluding hydrogens is 268 g/mol. The highest BCUT2D eigenvalue weighted by Gasteiger charge is 2.23. The van der Waals surface area contributed by atoms with E-state index in [2.05, 4.69) is 72.4 Å². The van der Waals surface area contributed by atoms with E-state index >= 15 is 0 Å². The van der Waals surface area contributed by atoms with Gasteiger partial charge in [0.15, 0.2) is 5.78 Å². The molecule has 1 aliphatic rings. The topological polar surface area (TPSA) is 17.1 Å². The molecule has 118 valence electrons. The Balaban J connectivity index is 2.54. The number of ketones is 1. The van der Waals surface area contributed by atoms with Gasteiger partial charge in [-0.1, -0.05) is 66.3 Å². The number of hydrogen-bond donors (Lipinski definition) is 0. The number of allylic oxidation sites excluding steroid dienone is 2. The van der Waals surface area contributed by atoms with Crippen molar-refractivity contribution in [3.63, 3.8) is 0 Å². The quantitative estimate of drug-likeness (QED) is 0.618. The van der Waals surface area contributed by atoms with E-state index in [1.165, 1.54) is 11.1 Å². The SMILES string of the molecule is C=C1CC/C(=C\c2cc(C(C)(C)C)cc(C(C)(C)C)c2)C1=O. The molecular formula is C21H28O. The van der Waals surface area contributed by atoms with Crippen LogP contribution in [0.2, 0.25) is 0 Å². The van der Waals surface area contributed by atoms with Crippen LogP contribution < -0.4 is 0 Å². The normalized spacial score (nSPS) is 18.4. The second-order valence-corrected chi connectivity index (χ2v) is 8.45. The van der Waals surface area contributed by atoms with Crippen molar-refractivity contribution >= 4 is 11.9 Å². The zero-order valence-corrected chi connectivity index (χ0v) is 14.8. The second-order valence-electron chi connectivity index (χ2n) is 8.45. The van der Waals surface area contributed by atoms with Crippen LogP contribution in [0.1, 0.15) is 71.1 Å². The van der Waals surface area contributed by atoms with Crippen LogP contribution in [0.15, 0.2) is 35.9 Å². The molecule has 0 N–H and O–H groups in total. The fourth-order valence-electron chi connectivity index (χ4n) is 2.68. The summed E-state index contributed by atoms with van der Waals surface area (Å²) < 4.78 is 0. The molecule has 0 amide bonds. The molecule has 0 atom stereocenters. The van der Waals surface area contributed by atoms with Crippen molar-refractivity contribution in [2.45, 2.75) is 65.2 Å². The average Bonchev–Trinajstić information content (AvgIpc) is 2.68. The minimum Gasteiger partial charge on any atom is -0.289 e. The minimum absolute atomic E-state index is 0.0950. The van der Waals surface area contributed by atoms with E-state index in [0.29, 0.717) is 0 Å². The molecule has 0 aliphatic heterocycles. The van der Waals surface area contributed by atoms with Crippen molar-refractivity contribution in [2.24, 2.45) is 0 Å². The Hall–Kier alpha value is -1.63. The third-order valence-corrected chi connectivity index (χ3v) is 4.34. The molecule has 0 unspecified atom stereocenters. The second kappa shape index (κ2) is 5.53. The van der Waals surface area contributed by atoms with E-state index in [0.717, 1.165) is 29.6 Å². The summed E-state index contributed by atoms with van der Waals surface area (Å²) in [4.78, 5) is 12.1. The van der Waals surface area contributed by atoms with Gasteiger partial charge in [-0.2, -0.15) is 0 Å². The molecule has 2 rings (SSSR count). The molecule has 1 aromatic rings. The largest absolute Gasteiger partial charge is 0.289 e. The van der Waals surface area contributed by atoms with Gasteiger partial charge in [-0.25, -0.2) is 0 Å². The number of benzene rings is 1. The lowest BCUT2D eigenvalue weighted by Gasteiger charge is -2.26. The molecule has 0 heterocycles. The maximum Gasteiger partial charge on any atom is 0.184 e. The Kier molecular flexibility index (Phi) is 4.21. The fourth-order valence-corrected chi connectivity index (χ4v) is 2.68. The number of Topliss-reactive ketones (excluding diaryl/α,β-unsaturated/α-hetero) is 1. The maximum absolute atomic E-state index is 12.1. The summed E-state index contributed by atoms with van der Waals surface area (Å²) in [6.45, 7) is 17.2. The first-order chi connectivity index (χ1) is 9.98. The van der Waals surface area contributed by atoms with Crippen LogP contribution in [0, 0.1) is 0 Å². The number of carbonyl (C=O) groups is 1. The van der Waals surface area contributed by atoms with Gasteiger partial charge >= 0.3 is 0 Å². The van der Waals surface area contributed by atoms with E-state index in [-0.39, 0.29) is 16.6 Å². The summed E-state index contributed by atoms with van der Waals surface area (Å²) in [6.07, 6.45) is 3.68. The van der Waals surface area contributed by atoms with Gasteiger partial charge in [0.1, 0.15) is 0 Å². The van der Waals surface area contributed by atoms with Crippen molar-refractivity contribution in [1.29, 1.82) is 0 Å². The van der Waals surface area contributed by atoms with Crippen molar-refractivity contribution in [3.8, 4) is 0 Å². The van der Waals surface area contributed by atoms with Gasteiger partial charge in [-0.05, 0) is 52.0 Å². The van der Waals surface area contributed by atoms with Crippen molar-refractivity contribution in [3.05, 3.63) is 52.6 Å². The monoisotopic (exact) mass is 296 g/mol. The Morgan fingerprint density at radius 2 is 1.41 bits per heavy atom. The molecule has 0 saturated heterocycles. The highest BCUT2D eigenvalue weighted by atomic mass is 16.1. The lowest BCUT2D eigenvalue weighted by atomic mass is 9.79. The van der Waals surface area contributed by atoms with E-state index in [9.17, 15) is 4.79 Å². The van der Waals surface area contributed by atoms with Crippen LogP contribution in [-0.2, 0) is 15.6 Å². The molecule has 1 fully saturated rings. The van der Waals surface area contributed by atoms with Gasteiger partial charge in [0.05, 0.1) is 0 Å². The van der Waals surface area contributed by atoms with E-state index in [4.69, 9.17) is 0 Å². The van der Waals surface area contributed by atoms with Gasteiger partial charge in [0.2, 0.25) is 0 Å². The Labute approximate surface area is 135 Å². The molecule has 1 aromatic carbocycles. The molecule has 1 saturated carbocycles. The molecule has 0 bridgehead atoms. The lowest BCUT2D eigenvalue weighted by Crippen LogP contribution is -2.16. The van der Waals surface area contributed by atoms with Crippen LogP contribution in [0.4, 0.5) is 0 Å². The van der Waals surface area contributed by atoms with Gasteiger partial charge in [0.25, 0.3) is 0 Å². The van der Waals surface area contributed by atoms with Gasteiger partial charge in [-0.15, -0.1) is 0 Å². The average molecular weight is 296 g/mol. The van der Waals surface area contributed by atoms with Crippen LogP contribution in [0.25, 0.3) is 6.08 Å². The molecule has 1 nitrogen and oxygen atoms in total. The van der Waals surface area contributed by atoms with Crippen molar-refractivity contribution in [2.75, 3.05) is 0 Å². The standard InChI is InChI=1S/C21H28O/c1-14-8-9-16(19(14)22)10-15-11-17(20(2,3)4)13-18(12-15)21(5,6)7/h10-13H,1,8-9H2,2-7H3/b16-10+. The smallest absolute Gasteiger partial charge is 0.184 e. The van der Waals surface area contributed by atoms with Gasteiger partial charge in [-0.3, -0.25) is 4.79 Å². The summed E-state index contributed by atoms with van der Waals surface area (Å²) >= 11 is 0. The van der Waals surface area contributed by atoms with Gasteiger partial charge in [0, 0.05) is 5.57 Å². The minimum atomic E-state index is 0.0950. The highest BCUT2D eigenvalue weighted by molar-refractivity contribution is 6.12. The summed E-state index contributed by atoms with van der Waals surface area (Å²) in [6, 6.07) is 6.74. The summed E-state index contributed by atoms with van der Waals surface area (Å²) in [5, 5.41) is 0. The van der Waals surface area contributed by atoms with E-state index in [1.807, 2.05) is 0 Å². The predicted octanol–water partition coefficient (Wildman–Crippen LogP) is 5.58. The van der Waals surface area contributed by atoms with Crippen LogP contribution in [0.3, 0.4) is 0 Å². The number of rotatable bonds is 1. The first-order valence-corrected chi connectivity index (χ1v) is 8.07. The van der Waals surface area contributed by atoms with Crippen LogP contribution in [0.5, 0.6) is 0 Å². The predicted molar refractivity (Wildman–Crippen MR) is 95.2 cm³/mol. The Bertz CT molecular complexity index is 613. The summed E-state index contributed by atoms with van der Waals surface area (Å²) in [5.74, 6) is 0.137. The van der Waals surface area contributed by atoms with E-state index < -0.39 is 0 Å². The molecule has 1 aliphatic carbocycles.